The van der Waals surface area contributed by atoms with Crippen LogP contribution in [0.1, 0.15) is 53.5 Å². The monoisotopic (exact) mass is 490 g/mol. The van der Waals surface area contributed by atoms with Crippen LogP contribution in [-0.4, -0.2) is 30.4 Å². The number of benzene rings is 2. The van der Waals surface area contributed by atoms with Crippen LogP contribution in [0, 0.1) is 5.82 Å². The zero-order valence-corrected chi connectivity index (χ0v) is 20.3. The highest BCUT2D eigenvalue weighted by Gasteiger charge is 2.21. The smallest absolute Gasteiger partial charge is 0.240 e. The summed E-state index contributed by atoms with van der Waals surface area (Å²) in [5, 5.41) is 2.58. The molecule has 0 unspecified atom stereocenters. The van der Waals surface area contributed by atoms with E-state index < -0.39 is 10.0 Å². The average molecular weight is 491 g/mol. The highest BCUT2D eigenvalue weighted by molar-refractivity contribution is 7.89. The molecule has 0 saturated heterocycles. The molecule has 1 atom stereocenters. The van der Waals surface area contributed by atoms with Crippen LogP contribution < -0.4 is 10.0 Å². The number of hydrogen-bond acceptors (Lipinski definition) is 4. The Kier molecular flexibility index (Phi) is 8.95. The van der Waals surface area contributed by atoms with Gasteiger partial charge in [-0.3, -0.25) is 4.79 Å². The van der Waals surface area contributed by atoms with Gasteiger partial charge in [0.25, 0.3) is 0 Å². The Bertz CT molecular complexity index is 1170. The van der Waals surface area contributed by atoms with Crippen molar-refractivity contribution in [3.8, 4) is 11.3 Å². The van der Waals surface area contributed by atoms with Gasteiger partial charge in [-0.25, -0.2) is 22.5 Å². The Hall–Kier alpha value is -3.04. The van der Waals surface area contributed by atoms with Crippen molar-refractivity contribution in [1.29, 1.82) is 0 Å². The lowest BCUT2D eigenvalue weighted by atomic mass is 9.96. The summed E-state index contributed by atoms with van der Waals surface area (Å²) < 4.78 is 42.0. The molecule has 2 aromatic carbocycles. The number of aromatic nitrogens is 2. The van der Waals surface area contributed by atoms with Crippen LogP contribution in [-0.2, 0) is 21.9 Å². The number of halogens is 1. The third-order valence-electron chi connectivity index (χ3n) is 5.78. The van der Waals surface area contributed by atoms with Gasteiger partial charge in [0.05, 0.1) is 23.0 Å². The number of carbonyl (C=O) groups excluding carboxylic acids is 1. The van der Waals surface area contributed by atoms with Gasteiger partial charge in [0.1, 0.15) is 5.82 Å². The molecule has 0 radical (unpaired) electrons. The van der Waals surface area contributed by atoms with Crippen molar-refractivity contribution in [3.05, 3.63) is 72.4 Å². The summed E-state index contributed by atoms with van der Waals surface area (Å²) in [6.07, 6.45) is 9.55. The number of rotatable bonds is 7. The second-order valence-electron chi connectivity index (χ2n) is 8.46. The van der Waals surface area contributed by atoms with Crippen molar-refractivity contribution in [2.75, 3.05) is 0 Å². The van der Waals surface area contributed by atoms with Crippen molar-refractivity contribution in [2.24, 2.45) is 7.05 Å². The molecule has 1 saturated carbocycles. The molecule has 0 aliphatic heterocycles. The van der Waals surface area contributed by atoms with Gasteiger partial charge in [-0.15, -0.1) is 0 Å². The van der Waals surface area contributed by atoms with Crippen LogP contribution in [0.5, 0.6) is 0 Å². The van der Waals surface area contributed by atoms with Crippen LogP contribution >= 0.6 is 0 Å². The van der Waals surface area contributed by atoms with E-state index >= 15 is 0 Å². The molecular weight excluding hydrogens is 455 g/mol. The fraction of sp³-hybridized carbons (Fsp3) is 0.360. The molecular formula is C25H35FN4O3S. The molecule has 1 aromatic heterocycles. The number of hydrogen-bond donors (Lipinski definition) is 2. The van der Waals surface area contributed by atoms with Crippen molar-refractivity contribution in [1.82, 2.24) is 19.6 Å². The largest absolute Gasteiger partial charge is 0.352 e. The van der Waals surface area contributed by atoms with E-state index in [-0.39, 0.29) is 20.8 Å². The molecule has 4 rings (SSSR count). The Morgan fingerprint density at radius 2 is 1.74 bits per heavy atom. The zero-order valence-electron chi connectivity index (χ0n) is 19.4. The van der Waals surface area contributed by atoms with Gasteiger partial charge in [0, 0.05) is 27.7 Å². The van der Waals surface area contributed by atoms with Crippen molar-refractivity contribution in [2.45, 2.75) is 56.0 Å². The molecule has 9 heteroatoms. The quantitative estimate of drug-likeness (QED) is 0.464. The molecule has 1 aliphatic carbocycles. The minimum atomic E-state index is -3.43. The summed E-state index contributed by atoms with van der Waals surface area (Å²) in [5.74, 6) is -0.267. The van der Waals surface area contributed by atoms with Gasteiger partial charge in [-0.1, -0.05) is 43.5 Å². The minimum absolute atomic E-state index is 0. The molecule has 0 bridgehead atoms. The van der Waals surface area contributed by atoms with E-state index in [1.807, 2.05) is 24.7 Å². The number of amides is 1. The van der Waals surface area contributed by atoms with Crippen LogP contribution in [0.3, 0.4) is 0 Å². The van der Waals surface area contributed by atoms with E-state index in [2.05, 4.69) is 15.0 Å². The van der Waals surface area contributed by atoms with Crippen LogP contribution in [0.4, 0.5) is 4.39 Å². The predicted octanol–water partition coefficient (Wildman–Crippen LogP) is 4.82. The number of sulfonamides is 1. The fourth-order valence-electron chi connectivity index (χ4n) is 3.82. The van der Waals surface area contributed by atoms with E-state index in [0.29, 0.717) is 11.3 Å². The maximum atomic E-state index is 12.4. The maximum absolute atomic E-state index is 12.4. The summed E-state index contributed by atoms with van der Waals surface area (Å²) in [6, 6.07) is 13.0. The molecule has 34 heavy (non-hydrogen) atoms. The highest BCUT2D eigenvalue weighted by atomic mass is 32.2. The number of aryl methyl sites for hydroxylation is 1. The molecule has 3 aromatic rings. The van der Waals surface area contributed by atoms with E-state index in [1.165, 1.54) is 18.6 Å². The normalized spacial score (nSPS) is 15.1. The van der Waals surface area contributed by atoms with Crippen molar-refractivity contribution < 1.29 is 20.5 Å². The molecule has 186 valence electrons. The molecule has 2 N–H and O–H groups in total. The van der Waals surface area contributed by atoms with Crippen molar-refractivity contribution in [3.63, 3.8) is 0 Å². The third kappa shape index (κ3) is 7.23. The van der Waals surface area contributed by atoms with Gasteiger partial charge in [-0.05, 0) is 49.6 Å². The van der Waals surface area contributed by atoms with Gasteiger partial charge < -0.3 is 9.88 Å². The van der Waals surface area contributed by atoms with E-state index in [1.54, 1.807) is 42.7 Å². The van der Waals surface area contributed by atoms with E-state index in [9.17, 15) is 17.6 Å². The van der Waals surface area contributed by atoms with Crippen molar-refractivity contribution >= 4 is 16.4 Å². The summed E-state index contributed by atoms with van der Waals surface area (Å²) in [4.78, 5) is 14.7. The second kappa shape index (κ2) is 11.9. The first-order valence-corrected chi connectivity index (χ1v) is 12.8. The third-order valence-corrected chi connectivity index (χ3v) is 7.32. The molecule has 1 fully saturated rings. The molecule has 1 amide bonds. The number of imidazole rings is 1. The number of nitrogens with zero attached hydrogens (tertiary/aromatic N) is 2. The Morgan fingerprint density at radius 1 is 1.09 bits per heavy atom. The predicted molar refractivity (Wildman–Crippen MR) is 134 cm³/mol. The van der Waals surface area contributed by atoms with Gasteiger partial charge in [0.2, 0.25) is 16.4 Å². The first-order chi connectivity index (χ1) is 16.3. The SMILES string of the molecule is C[C@@H](NC=O)c1ccc(F)cc1.Cn1cnc(-c2ccc(S(=O)(=O)NC3CCCCC3)cc2)c1.[HH].[HH]. The lowest BCUT2D eigenvalue weighted by Gasteiger charge is -2.22. The van der Waals surface area contributed by atoms with Crippen LogP contribution in [0.2, 0.25) is 0 Å². The summed E-state index contributed by atoms with van der Waals surface area (Å²) in [5.41, 5.74) is 2.65. The van der Waals surface area contributed by atoms with Crippen LogP contribution in [0.25, 0.3) is 11.3 Å². The Labute approximate surface area is 203 Å². The van der Waals surface area contributed by atoms with Gasteiger partial charge in [0.15, 0.2) is 0 Å². The minimum Gasteiger partial charge on any atom is -0.352 e. The Balaban J connectivity index is 0.000000399. The maximum Gasteiger partial charge on any atom is 0.240 e. The lowest BCUT2D eigenvalue weighted by molar-refractivity contribution is -0.110. The highest BCUT2D eigenvalue weighted by Crippen LogP contribution is 2.22. The molecule has 0 spiro atoms. The van der Waals surface area contributed by atoms with Gasteiger partial charge in [-0.2, -0.15) is 0 Å². The fourth-order valence-corrected chi connectivity index (χ4v) is 5.13. The Morgan fingerprint density at radius 3 is 2.29 bits per heavy atom. The van der Waals surface area contributed by atoms with Crippen LogP contribution in [0.15, 0.2) is 66.0 Å². The summed E-state index contributed by atoms with van der Waals surface area (Å²) in [7, 11) is -1.52. The van der Waals surface area contributed by atoms with E-state index in [4.69, 9.17) is 0 Å². The first kappa shape index (κ1) is 25.6. The number of nitrogens with one attached hydrogen (secondary N) is 2. The molecule has 7 nitrogen and oxygen atoms in total. The topological polar surface area (TPSA) is 93.1 Å². The second-order valence-corrected chi connectivity index (χ2v) is 10.2. The molecule has 1 heterocycles. The first-order valence-electron chi connectivity index (χ1n) is 11.3. The number of carbonyl (C=O) groups is 1. The molecule has 1 aliphatic rings. The van der Waals surface area contributed by atoms with E-state index in [0.717, 1.165) is 42.5 Å². The lowest BCUT2D eigenvalue weighted by Crippen LogP contribution is -2.36. The standard InChI is InChI=1S/C16H21N3O2S.C9H10FNO.2H2/c1-19-11-16(17-12-19)13-7-9-15(10-8-13)22(20,21)18-14-5-3-2-4-6-14;1-7(11-6-12)8-2-4-9(10)5-3-8;;/h7-12,14,18H,2-6H2,1H3;2-7H,1H3,(H,11,12);2*1H/t;7-;;/m.1../s1. The zero-order chi connectivity index (χ0) is 24.6. The average Bonchev–Trinajstić information content (AvgIpc) is 3.27. The van der Waals surface area contributed by atoms with Gasteiger partial charge >= 0.3 is 0 Å². The summed E-state index contributed by atoms with van der Waals surface area (Å²) in [6.45, 7) is 1.83. The summed E-state index contributed by atoms with van der Waals surface area (Å²) >= 11 is 0.